The van der Waals surface area contributed by atoms with Gasteiger partial charge in [0.05, 0.1) is 5.56 Å². The first-order chi connectivity index (χ1) is 10.5. The largest absolute Gasteiger partial charge is 0.437 e. The van der Waals surface area contributed by atoms with Crippen molar-refractivity contribution in [1.29, 1.82) is 5.26 Å². The molecule has 0 unspecified atom stereocenters. The topological polar surface area (TPSA) is 66.1 Å². The van der Waals surface area contributed by atoms with Crippen molar-refractivity contribution in [3.05, 3.63) is 53.2 Å². The zero-order valence-electron chi connectivity index (χ0n) is 11.3. The number of aromatic nitrogens is 1. The van der Waals surface area contributed by atoms with Crippen molar-refractivity contribution in [1.82, 2.24) is 4.98 Å². The van der Waals surface area contributed by atoms with Gasteiger partial charge >= 0.3 is 6.18 Å². The Morgan fingerprint density at radius 1 is 1.27 bits per heavy atom. The quantitative estimate of drug-likeness (QED) is 0.941. The average molecular weight is 308 g/mol. The van der Waals surface area contributed by atoms with E-state index in [0.29, 0.717) is 12.0 Å². The van der Waals surface area contributed by atoms with Gasteiger partial charge in [-0.05, 0) is 36.2 Å². The second-order valence-electron chi connectivity index (χ2n) is 4.37. The molecule has 4 nitrogen and oxygen atoms in total. The Hall–Kier alpha value is -2.59. The lowest BCUT2D eigenvalue weighted by Gasteiger charge is -2.13. The van der Waals surface area contributed by atoms with Gasteiger partial charge in [0.25, 0.3) is 0 Å². The summed E-state index contributed by atoms with van der Waals surface area (Å²) >= 11 is 0. The molecule has 1 aromatic carbocycles. The van der Waals surface area contributed by atoms with E-state index < -0.39 is 17.6 Å². The fourth-order valence-electron chi connectivity index (χ4n) is 1.83. The summed E-state index contributed by atoms with van der Waals surface area (Å²) in [4.78, 5) is 3.58. The van der Waals surface area contributed by atoms with E-state index >= 15 is 0 Å². The highest BCUT2D eigenvalue weighted by molar-refractivity contribution is 5.47. The van der Waals surface area contributed by atoms with Crippen molar-refractivity contribution in [3.63, 3.8) is 0 Å². The molecule has 114 valence electrons. The summed E-state index contributed by atoms with van der Waals surface area (Å²) in [6.45, 7) is -0.0937. The van der Waals surface area contributed by atoms with Gasteiger partial charge < -0.3 is 9.84 Å². The van der Waals surface area contributed by atoms with Crippen molar-refractivity contribution >= 4 is 0 Å². The Morgan fingerprint density at radius 2 is 2.05 bits per heavy atom. The highest BCUT2D eigenvalue weighted by Crippen LogP contribution is 2.37. The molecule has 0 radical (unpaired) electrons. The van der Waals surface area contributed by atoms with Crippen LogP contribution in [0.25, 0.3) is 0 Å². The van der Waals surface area contributed by atoms with Gasteiger partial charge in [0.1, 0.15) is 17.4 Å². The lowest BCUT2D eigenvalue weighted by molar-refractivity contribution is -0.138. The zero-order chi connectivity index (χ0) is 16.2. The first-order valence-corrected chi connectivity index (χ1v) is 6.29. The van der Waals surface area contributed by atoms with E-state index in [2.05, 4.69) is 4.98 Å². The van der Waals surface area contributed by atoms with Gasteiger partial charge in [0.2, 0.25) is 5.88 Å². The predicted molar refractivity (Wildman–Crippen MR) is 71.3 cm³/mol. The SMILES string of the molecule is N#Cc1cc(CCO)ccc1Oc1ncccc1C(F)(F)F. The number of pyridine rings is 1. The van der Waals surface area contributed by atoms with E-state index in [-0.39, 0.29) is 17.9 Å². The third-order valence-corrected chi connectivity index (χ3v) is 2.85. The van der Waals surface area contributed by atoms with Crippen molar-refractivity contribution < 1.29 is 23.0 Å². The molecule has 0 spiro atoms. The standard InChI is InChI=1S/C15H11F3N2O2/c16-15(17,18)12-2-1-6-20-14(12)22-13-4-3-10(5-7-21)8-11(13)9-19/h1-4,6,8,21H,5,7H2. The number of hydrogen-bond donors (Lipinski definition) is 1. The lowest BCUT2D eigenvalue weighted by atomic mass is 10.1. The van der Waals surface area contributed by atoms with Gasteiger partial charge in [-0.15, -0.1) is 0 Å². The first-order valence-electron chi connectivity index (χ1n) is 6.29. The summed E-state index contributed by atoms with van der Waals surface area (Å²) in [6.07, 6.45) is -3.09. The molecule has 0 atom stereocenters. The molecule has 22 heavy (non-hydrogen) atoms. The van der Waals surface area contributed by atoms with Crippen LogP contribution in [-0.2, 0) is 12.6 Å². The highest BCUT2D eigenvalue weighted by Gasteiger charge is 2.35. The molecule has 0 amide bonds. The zero-order valence-corrected chi connectivity index (χ0v) is 11.3. The van der Waals surface area contributed by atoms with Gasteiger partial charge in [-0.3, -0.25) is 0 Å². The van der Waals surface area contributed by atoms with Crippen LogP contribution in [0.1, 0.15) is 16.7 Å². The molecule has 2 aromatic rings. The van der Waals surface area contributed by atoms with Gasteiger partial charge in [0.15, 0.2) is 0 Å². The maximum Gasteiger partial charge on any atom is 0.421 e. The van der Waals surface area contributed by atoms with Crippen LogP contribution < -0.4 is 4.74 Å². The maximum atomic E-state index is 12.9. The fourth-order valence-corrected chi connectivity index (χ4v) is 1.83. The smallest absolute Gasteiger partial charge is 0.421 e. The van der Waals surface area contributed by atoms with E-state index in [0.717, 1.165) is 12.1 Å². The summed E-state index contributed by atoms with van der Waals surface area (Å²) < 4.78 is 43.8. The second-order valence-corrected chi connectivity index (χ2v) is 4.37. The van der Waals surface area contributed by atoms with Crippen LogP contribution in [0.2, 0.25) is 0 Å². The average Bonchev–Trinajstić information content (AvgIpc) is 2.48. The molecule has 0 saturated carbocycles. The molecule has 2 rings (SSSR count). The molecule has 1 N–H and O–H groups in total. The van der Waals surface area contributed by atoms with Crippen LogP contribution in [0.5, 0.6) is 11.6 Å². The Labute approximate surface area is 124 Å². The number of nitrogens with zero attached hydrogens (tertiary/aromatic N) is 2. The number of ether oxygens (including phenoxy) is 1. The normalized spacial score (nSPS) is 11.0. The van der Waals surface area contributed by atoms with E-state index in [1.54, 1.807) is 6.07 Å². The minimum atomic E-state index is -4.60. The molecular weight excluding hydrogens is 297 g/mol. The van der Waals surface area contributed by atoms with Crippen molar-refractivity contribution in [3.8, 4) is 17.7 Å². The van der Waals surface area contributed by atoms with Crippen LogP contribution in [-0.4, -0.2) is 16.7 Å². The third kappa shape index (κ3) is 3.54. The summed E-state index contributed by atoms with van der Waals surface area (Å²) in [5, 5.41) is 17.9. The first kappa shape index (κ1) is 15.8. The Morgan fingerprint density at radius 3 is 2.68 bits per heavy atom. The molecule has 7 heteroatoms. The van der Waals surface area contributed by atoms with Gasteiger partial charge in [0, 0.05) is 12.8 Å². The van der Waals surface area contributed by atoms with E-state index in [1.165, 1.54) is 18.3 Å². The predicted octanol–water partition coefficient (Wildman–Crippen LogP) is 3.30. The molecular formula is C15H11F3N2O2. The second kappa shape index (κ2) is 6.45. The van der Waals surface area contributed by atoms with E-state index in [4.69, 9.17) is 15.1 Å². The Kier molecular flexibility index (Phi) is 4.63. The minimum Gasteiger partial charge on any atom is -0.437 e. The molecule has 0 aliphatic rings. The lowest BCUT2D eigenvalue weighted by Crippen LogP contribution is -2.08. The van der Waals surface area contributed by atoms with Crippen molar-refractivity contribution in [2.24, 2.45) is 0 Å². The molecule has 0 fully saturated rings. The van der Waals surface area contributed by atoms with E-state index in [9.17, 15) is 13.2 Å². The van der Waals surface area contributed by atoms with Crippen molar-refractivity contribution in [2.75, 3.05) is 6.61 Å². The molecule has 1 heterocycles. The summed E-state index contributed by atoms with van der Waals surface area (Å²) in [5.41, 5.74) is -0.258. The summed E-state index contributed by atoms with van der Waals surface area (Å²) in [7, 11) is 0. The monoisotopic (exact) mass is 308 g/mol. The third-order valence-electron chi connectivity index (χ3n) is 2.85. The number of benzene rings is 1. The van der Waals surface area contributed by atoms with Crippen LogP contribution in [0.3, 0.4) is 0 Å². The Bertz CT molecular complexity index is 709. The number of aliphatic hydroxyl groups excluding tert-OH is 1. The van der Waals surface area contributed by atoms with Crippen LogP contribution in [0, 0.1) is 11.3 Å². The number of hydrogen-bond acceptors (Lipinski definition) is 4. The molecule has 1 aromatic heterocycles. The Balaban J connectivity index is 2.38. The number of halogens is 3. The van der Waals surface area contributed by atoms with Gasteiger partial charge in [-0.2, -0.15) is 18.4 Å². The van der Waals surface area contributed by atoms with Crippen molar-refractivity contribution in [2.45, 2.75) is 12.6 Å². The van der Waals surface area contributed by atoms with Crippen LogP contribution >= 0.6 is 0 Å². The van der Waals surface area contributed by atoms with E-state index in [1.807, 2.05) is 6.07 Å². The summed E-state index contributed by atoms with van der Waals surface area (Å²) in [6, 6.07) is 8.29. The maximum absolute atomic E-state index is 12.9. The fraction of sp³-hybridized carbons (Fsp3) is 0.200. The molecule has 0 aliphatic heterocycles. The van der Waals surface area contributed by atoms with Crippen LogP contribution in [0.15, 0.2) is 36.5 Å². The molecule has 0 saturated heterocycles. The molecule has 0 bridgehead atoms. The minimum absolute atomic E-state index is 0.0200. The van der Waals surface area contributed by atoms with Crippen LogP contribution in [0.4, 0.5) is 13.2 Å². The highest BCUT2D eigenvalue weighted by atomic mass is 19.4. The van der Waals surface area contributed by atoms with Gasteiger partial charge in [-0.1, -0.05) is 6.07 Å². The van der Waals surface area contributed by atoms with Gasteiger partial charge in [-0.25, -0.2) is 4.98 Å². The molecule has 0 aliphatic carbocycles. The number of aliphatic hydroxyl groups is 1. The number of alkyl halides is 3. The number of nitriles is 1. The number of rotatable bonds is 4. The summed E-state index contributed by atoms with van der Waals surface area (Å²) in [5.74, 6) is -0.630.